The van der Waals surface area contributed by atoms with E-state index in [2.05, 4.69) is 47.8 Å². The standard InChI is InChI=1S/C22H18N3O.C15H18NSi.Ir/c1-12-5-7-15-18(11-12)26-21-16(8-6-13(2)19(15)21)22-24-17-9-10-23-14(3)20(17)25(22)4;1-12-5-7-13(8-6-12)15-10-9-14(11-16-15)17(2,3)4;/h5-7,9-11H,1-4H3;5-7,9-11H,1-4H3;/q2*-1;/i1D3,2D3;1D3;. The molecule has 0 saturated heterocycles. The third-order valence-corrected chi connectivity index (χ3v) is 9.48. The molecule has 0 saturated carbocycles. The van der Waals surface area contributed by atoms with Gasteiger partial charge < -0.3 is 14.0 Å². The molecular weight excluding hydrogens is 737 g/mol. The molecule has 0 aliphatic heterocycles. The van der Waals surface area contributed by atoms with E-state index >= 15 is 0 Å². The fourth-order valence-corrected chi connectivity index (χ4v) is 6.17. The zero-order chi connectivity index (χ0) is 38.0. The molecule has 1 radical (unpaired) electrons. The zero-order valence-electron chi connectivity index (χ0n) is 34.0. The molecule has 0 aliphatic carbocycles. The van der Waals surface area contributed by atoms with Crippen LogP contribution in [0, 0.1) is 39.6 Å². The largest absolute Gasteiger partial charge is 0.501 e. The smallest absolute Gasteiger partial charge is 0.121 e. The maximum atomic E-state index is 8.00. The summed E-state index contributed by atoms with van der Waals surface area (Å²) in [7, 11) is 0.515. The Morgan fingerprint density at radius 1 is 0.909 bits per heavy atom. The van der Waals surface area contributed by atoms with Gasteiger partial charge in [0.15, 0.2) is 0 Å². The van der Waals surface area contributed by atoms with Crippen molar-refractivity contribution in [2.75, 3.05) is 0 Å². The Balaban J connectivity index is 0.000000223. The Bertz CT molecular complexity index is 2370. The van der Waals surface area contributed by atoms with Crippen LogP contribution in [0.5, 0.6) is 0 Å². The Hall–Kier alpha value is -3.90. The predicted octanol–water partition coefficient (Wildman–Crippen LogP) is 8.66. The molecule has 7 rings (SSSR count). The number of pyridine rings is 2. The van der Waals surface area contributed by atoms with Gasteiger partial charge in [-0.05, 0) is 42.4 Å². The van der Waals surface area contributed by atoms with Crippen LogP contribution in [0.15, 0.2) is 77.5 Å². The van der Waals surface area contributed by atoms with Crippen molar-refractivity contribution in [2.45, 2.75) is 47.1 Å². The van der Waals surface area contributed by atoms with Crippen molar-refractivity contribution in [3.8, 4) is 22.6 Å². The molecule has 44 heavy (non-hydrogen) atoms. The first-order chi connectivity index (χ1) is 24.1. The predicted molar refractivity (Wildman–Crippen MR) is 180 cm³/mol. The Labute approximate surface area is 286 Å². The molecule has 4 heterocycles. The van der Waals surface area contributed by atoms with Gasteiger partial charge in [0.1, 0.15) is 5.58 Å². The molecule has 0 fully saturated rings. The minimum Gasteiger partial charge on any atom is -0.501 e. The molecule has 4 aromatic heterocycles. The average Bonchev–Trinajstić information content (AvgIpc) is 3.61. The van der Waals surface area contributed by atoms with Gasteiger partial charge in [-0.2, -0.15) is 0 Å². The van der Waals surface area contributed by atoms with Crippen molar-refractivity contribution < 1.29 is 36.9 Å². The molecule has 0 unspecified atom stereocenters. The second kappa shape index (κ2) is 12.2. The van der Waals surface area contributed by atoms with E-state index in [0.717, 1.165) is 28.0 Å². The molecule has 0 atom stereocenters. The number of benzene rings is 3. The summed E-state index contributed by atoms with van der Waals surface area (Å²) in [6, 6.07) is 22.8. The van der Waals surface area contributed by atoms with Crippen LogP contribution >= 0.6 is 0 Å². The minimum absolute atomic E-state index is 0. The average molecular weight is 782 g/mol. The topological polar surface area (TPSA) is 56.7 Å². The molecule has 3 aromatic carbocycles. The first kappa shape index (κ1) is 21.7. The van der Waals surface area contributed by atoms with Crippen molar-refractivity contribution in [1.82, 2.24) is 19.5 Å². The molecule has 7 heteroatoms. The van der Waals surface area contributed by atoms with Gasteiger partial charge in [0.2, 0.25) is 0 Å². The van der Waals surface area contributed by atoms with Crippen LogP contribution in [-0.4, -0.2) is 27.6 Å². The summed E-state index contributed by atoms with van der Waals surface area (Å²) < 4.78 is 77.1. The fourth-order valence-electron chi connectivity index (χ4n) is 5.14. The van der Waals surface area contributed by atoms with Crippen LogP contribution in [0.3, 0.4) is 0 Å². The van der Waals surface area contributed by atoms with Gasteiger partial charge in [-0.25, -0.2) is 0 Å². The summed E-state index contributed by atoms with van der Waals surface area (Å²) in [5.41, 5.74) is 5.68. The summed E-state index contributed by atoms with van der Waals surface area (Å²) in [6.07, 6.45) is 3.61. The van der Waals surface area contributed by atoms with E-state index < -0.39 is 28.6 Å². The number of rotatable bonds is 3. The monoisotopic (exact) mass is 782 g/mol. The normalized spacial score (nSPS) is 15.3. The number of fused-ring (bicyclic) bond motifs is 4. The minimum atomic E-state index is -2.40. The van der Waals surface area contributed by atoms with E-state index in [-0.39, 0.29) is 31.2 Å². The number of hydrogen-bond acceptors (Lipinski definition) is 4. The van der Waals surface area contributed by atoms with Gasteiger partial charge >= 0.3 is 0 Å². The third kappa shape index (κ3) is 5.92. The summed E-state index contributed by atoms with van der Waals surface area (Å²) >= 11 is 0. The van der Waals surface area contributed by atoms with Crippen molar-refractivity contribution in [2.24, 2.45) is 7.05 Å². The Morgan fingerprint density at radius 3 is 2.39 bits per heavy atom. The number of furan rings is 1. The molecule has 0 amide bonds. The van der Waals surface area contributed by atoms with E-state index in [9.17, 15) is 0 Å². The first-order valence-corrected chi connectivity index (χ1v) is 17.3. The number of aromatic nitrogens is 4. The van der Waals surface area contributed by atoms with Gasteiger partial charge in [-0.3, -0.25) is 9.97 Å². The van der Waals surface area contributed by atoms with Gasteiger partial charge in [0.25, 0.3) is 0 Å². The van der Waals surface area contributed by atoms with E-state index in [1.54, 1.807) is 30.5 Å². The number of imidazole rings is 1. The summed E-state index contributed by atoms with van der Waals surface area (Å²) in [5, 5.41) is 2.25. The van der Waals surface area contributed by atoms with Crippen LogP contribution in [0.25, 0.3) is 55.6 Å². The zero-order valence-corrected chi connectivity index (χ0v) is 28.4. The van der Waals surface area contributed by atoms with E-state index in [1.807, 2.05) is 30.8 Å². The van der Waals surface area contributed by atoms with E-state index in [4.69, 9.17) is 21.7 Å². The summed E-state index contributed by atoms with van der Waals surface area (Å²) in [6.45, 7) is 1.94. The Kier molecular flexibility index (Phi) is 6.05. The van der Waals surface area contributed by atoms with Gasteiger partial charge in [-0.1, -0.05) is 68.6 Å². The first-order valence-electron chi connectivity index (χ1n) is 18.3. The van der Waals surface area contributed by atoms with Crippen LogP contribution in [0.4, 0.5) is 0 Å². The maximum Gasteiger partial charge on any atom is 0.121 e. The van der Waals surface area contributed by atoms with E-state index in [1.165, 1.54) is 29.5 Å². The molecule has 0 bridgehead atoms. The maximum absolute atomic E-state index is 8.00. The van der Waals surface area contributed by atoms with Crippen molar-refractivity contribution >= 4 is 46.2 Å². The SMILES string of the molecule is [2H]C([2H])([2H])c1c[c-]c(-c2ccc([Si](C)(C)C)cn2)cc1.[2H]C([2H])([2H])c1ccc2c(c1)oc1c(-c3nc4ccnc(C)c4n3C)[c-]cc(C([2H])([2H])[2H])c12.[Ir]. The van der Waals surface area contributed by atoms with Crippen LogP contribution < -0.4 is 5.19 Å². The van der Waals surface area contributed by atoms with Crippen molar-refractivity contribution in [3.63, 3.8) is 0 Å². The Morgan fingerprint density at radius 2 is 1.73 bits per heavy atom. The molecular formula is C37H36IrN4OSi-2. The summed E-state index contributed by atoms with van der Waals surface area (Å²) in [4.78, 5) is 13.5. The van der Waals surface area contributed by atoms with Crippen molar-refractivity contribution in [1.29, 1.82) is 0 Å². The molecule has 7 aromatic rings. The number of hydrogen-bond donors (Lipinski definition) is 0. The third-order valence-electron chi connectivity index (χ3n) is 7.45. The van der Waals surface area contributed by atoms with Crippen LogP contribution in [-0.2, 0) is 27.2 Å². The van der Waals surface area contributed by atoms with Gasteiger partial charge in [-0.15, -0.1) is 53.1 Å². The second-order valence-corrected chi connectivity index (χ2v) is 16.6. The second-order valence-electron chi connectivity index (χ2n) is 11.5. The molecule has 0 spiro atoms. The quantitative estimate of drug-likeness (QED) is 0.133. The molecule has 225 valence electrons. The van der Waals surface area contributed by atoms with Gasteiger partial charge in [0.05, 0.1) is 36.2 Å². The van der Waals surface area contributed by atoms with Crippen LogP contribution in [0.1, 0.15) is 34.7 Å². The molecule has 0 N–H and O–H groups in total. The number of nitrogens with zero attached hydrogens (tertiary/aromatic N) is 4. The molecule has 0 aliphatic rings. The van der Waals surface area contributed by atoms with E-state index in [0.29, 0.717) is 38.9 Å². The van der Waals surface area contributed by atoms with Crippen molar-refractivity contribution in [3.05, 3.63) is 108 Å². The number of aryl methyl sites for hydroxylation is 5. The van der Waals surface area contributed by atoms with Gasteiger partial charge in [0, 0.05) is 57.3 Å². The molecule has 5 nitrogen and oxygen atoms in total. The fraction of sp³-hybridized carbons (Fsp3) is 0.216. The summed E-state index contributed by atoms with van der Waals surface area (Å²) in [5.74, 6) is 0.549. The van der Waals surface area contributed by atoms with Crippen LogP contribution in [0.2, 0.25) is 19.6 Å².